The summed E-state index contributed by atoms with van der Waals surface area (Å²) in [4.78, 5) is 0. The monoisotopic (exact) mass is 328 g/mol. The minimum absolute atomic E-state index is 0.536. The van der Waals surface area contributed by atoms with Gasteiger partial charge in [-0.05, 0) is 24.3 Å². The zero-order chi connectivity index (χ0) is 17.5. The van der Waals surface area contributed by atoms with Crippen LogP contribution in [0.3, 0.4) is 0 Å². The van der Waals surface area contributed by atoms with Crippen LogP contribution in [0.15, 0.2) is 30.3 Å². The van der Waals surface area contributed by atoms with Crippen LogP contribution in [0.2, 0.25) is 0 Å². The molecule has 0 bridgehead atoms. The minimum atomic E-state index is 0.536. The predicted octanol–water partition coefficient (Wildman–Crippen LogP) is 3.13. The SMILES string of the molecule is COc1cc(C#Cc2cc(OC)c(OC)c(OC)c2)cc(OC)c1. The number of rotatable bonds is 5. The van der Waals surface area contributed by atoms with E-state index in [2.05, 4.69) is 11.8 Å². The molecule has 0 spiro atoms. The summed E-state index contributed by atoms with van der Waals surface area (Å²) in [5, 5.41) is 0. The Hall–Kier alpha value is -3.00. The summed E-state index contributed by atoms with van der Waals surface area (Å²) < 4.78 is 26.5. The van der Waals surface area contributed by atoms with Crippen molar-refractivity contribution >= 4 is 0 Å². The molecule has 2 rings (SSSR count). The first kappa shape index (κ1) is 17.4. The molecule has 0 radical (unpaired) electrons. The molecule has 24 heavy (non-hydrogen) atoms. The summed E-state index contributed by atoms with van der Waals surface area (Å²) in [7, 11) is 7.91. The summed E-state index contributed by atoms with van der Waals surface area (Å²) in [6, 6.07) is 9.07. The molecule has 0 amide bonds. The Kier molecular flexibility index (Phi) is 5.80. The second-order valence-electron chi connectivity index (χ2n) is 4.77. The number of methoxy groups -OCH3 is 5. The fourth-order valence-corrected chi connectivity index (χ4v) is 2.18. The Morgan fingerprint density at radius 2 is 1.00 bits per heavy atom. The van der Waals surface area contributed by atoms with E-state index in [0.717, 1.165) is 11.1 Å². The van der Waals surface area contributed by atoms with Crippen molar-refractivity contribution in [2.24, 2.45) is 0 Å². The maximum Gasteiger partial charge on any atom is 0.203 e. The van der Waals surface area contributed by atoms with Gasteiger partial charge < -0.3 is 23.7 Å². The van der Waals surface area contributed by atoms with Gasteiger partial charge in [-0.25, -0.2) is 0 Å². The van der Waals surface area contributed by atoms with Crippen LogP contribution in [-0.4, -0.2) is 35.5 Å². The van der Waals surface area contributed by atoms with Gasteiger partial charge >= 0.3 is 0 Å². The molecule has 0 saturated heterocycles. The third kappa shape index (κ3) is 3.85. The smallest absolute Gasteiger partial charge is 0.203 e. The molecule has 0 atom stereocenters. The van der Waals surface area contributed by atoms with Gasteiger partial charge in [-0.15, -0.1) is 0 Å². The molecular formula is C19H20O5. The zero-order valence-corrected chi connectivity index (χ0v) is 14.4. The number of benzene rings is 2. The van der Waals surface area contributed by atoms with Crippen molar-refractivity contribution in [2.75, 3.05) is 35.5 Å². The lowest BCUT2D eigenvalue weighted by atomic mass is 10.1. The first-order chi connectivity index (χ1) is 11.6. The molecule has 5 nitrogen and oxygen atoms in total. The van der Waals surface area contributed by atoms with Crippen molar-refractivity contribution in [2.45, 2.75) is 0 Å². The summed E-state index contributed by atoms with van der Waals surface area (Å²) in [5.74, 6) is 9.20. The lowest BCUT2D eigenvalue weighted by Crippen LogP contribution is -1.95. The van der Waals surface area contributed by atoms with E-state index in [1.165, 1.54) is 0 Å². The molecular weight excluding hydrogens is 308 g/mol. The average Bonchev–Trinajstić information content (AvgIpc) is 2.64. The second-order valence-corrected chi connectivity index (χ2v) is 4.77. The van der Waals surface area contributed by atoms with Gasteiger partial charge in [0.1, 0.15) is 11.5 Å². The number of hydrogen-bond acceptors (Lipinski definition) is 5. The van der Waals surface area contributed by atoms with E-state index in [4.69, 9.17) is 23.7 Å². The van der Waals surface area contributed by atoms with Crippen LogP contribution in [0, 0.1) is 11.8 Å². The van der Waals surface area contributed by atoms with E-state index in [-0.39, 0.29) is 0 Å². The topological polar surface area (TPSA) is 46.2 Å². The van der Waals surface area contributed by atoms with Crippen molar-refractivity contribution in [1.29, 1.82) is 0 Å². The van der Waals surface area contributed by atoms with Gasteiger partial charge in [0.2, 0.25) is 5.75 Å². The standard InChI is InChI=1S/C19H20O5/c1-20-15-8-13(9-16(12-15)21-2)6-7-14-10-17(22-3)19(24-5)18(11-14)23-4/h8-12H,1-5H3. The molecule has 0 aliphatic heterocycles. The maximum absolute atomic E-state index is 5.33. The lowest BCUT2D eigenvalue weighted by Gasteiger charge is -2.12. The molecule has 126 valence electrons. The normalized spacial score (nSPS) is 9.54. The Morgan fingerprint density at radius 1 is 0.542 bits per heavy atom. The van der Waals surface area contributed by atoms with E-state index >= 15 is 0 Å². The molecule has 0 heterocycles. The third-order valence-electron chi connectivity index (χ3n) is 3.37. The first-order valence-electron chi connectivity index (χ1n) is 7.20. The Labute approximate surface area is 142 Å². The number of ether oxygens (including phenoxy) is 5. The fraction of sp³-hybridized carbons (Fsp3) is 0.263. The van der Waals surface area contributed by atoms with Crippen LogP contribution >= 0.6 is 0 Å². The molecule has 5 heteroatoms. The van der Waals surface area contributed by atoms with Crippen molar-refractivity contribution in [3.8, 4) is 40.6 Å². The van der Waals surface area contributed by atoms with Crippen LogP contribution in [0.1, 0.15) is 11.1 Å². The lowest BCUT2D eigenvalue weighted by molar-refractivity contribution is 0.324. The highest BCUT2D eigenvalue weighted by Crippen LogP contribution is 2.38. The highest BCUT2D eigenvalue weighted by atomic mass is 16.5. The second kappa shape index (κ2) is 8.02. The summed E-state index contributed by atoms with van der Waals surface area (Å²) in [6.45, 7) is 0. The van der Waals surface area contributed by atoms with Gasteiger partial charge in [0.05, 0.1) is 35.5 Å². The minimum Gasteiger partial charge on any atom is -0.497 e. The molecule has 2 aromatic carbocycles. The molecule has 2 aromatic rings. The van der Waals surface area contributed by atoms with Crippen LogP contribution in [-0.2, 0) is 0 Å². The predicted molar refractivity (Wildman–Crippen MR) is 91.6 cm³/mol. The van der Waals surface area contributed by atoms with Gasteiger partial charge in [0.15, 0.2) is 11.5 Å². The molecule has 0 saturated carbocycles. The van der Waals surface area contributed by atoms with Gasteiger partial charge in [-0.3, -0.25) is 0 Å². The Balaban J connectivity index is 2.44. The van der Waals surface area contributed by atoms with E-state index in [1.54, 1.807) is 53.7 Å². The van der Waals surface area contributed by atoms with E-state index in [1.807, 2.05) is 12.1 Å². The quantitative estimate of drug-likeness (QED) is 0.789. The summed E-state index contributed by atoms with van der Waals surface area (Å²) in [6.07, 6.45) is 0. The van der Waals surface area contributed by atoms with Gasteiger partial charge in [0, 0.05) is 17.2 Å². The van der Waals surface area contributed by atoms with Crippen molar-refractivity contribution in [1.82, 2.24) is 0 Å². The fourth-order valence-electron chi connectivity index (χ4n) is 2.18. The highest BCUT2D eigenvalue weighted by Gasteiger charge is 2.12. The molecule has 0 aliphatic rings. The van der Waals surface area contributed by atoms with Crippen LogP contribution in [0.25, 0.3) is 0 Å². The van der Waals surface area contributed by atoms with Crippen molar-refractivity contribution in [3.63, 3.8) is 0 Å². The zero-order valence-electron chi connectivity index (χ0n) is 14.4. The molecule has 0 aromatic heterocycles. The third-order valence-corrected chi connectivity index (χ3v) is 3.37. The Morgan fingerprint density at radius 3 is 1.38 bits per heavy atom. The summed E-state index contributed by atoms with van der Waals surface area (Å²) >= 11 is 0. The number of hydrogen-bond donors (Lipinski definition) is 0. The first-order valence-corrected chi connectivity index (χ1v) is 7.20. The van der Waals surface area contributed by atoms with Gasteiger partial charge in [0.25, 0.3) is 0 Å². The van der Waals surface area contributed by atoms with Gasteiger partial charge in [-0.1, -0.05) is 11.8 Å². The van der Waals surface area contributed by atoms with Crippen LogP contribution in [0.4, 0.5) is 0 Å². The molecule has 0 unspecified atom stereocenters. The maximum atomic E-state index is 5.33. The molecule has 0 aliphatic carbocycles. The van der Waals surface area contributed by atoms with Crippen molar-refractivity contribution in [3.05, 3.63) is 41.5 Å². The van der Waals surface area contributed by atoms with Gasteiger partial charge in [-0.2, -0.15) is 0 Å². The van der Waals surface area contributed by atoms with E-state index in [9.17, 15) is 0 Å². The van der Waals surface area contributed by atoms with Crippen LogP contribution in [0.5, 0.6) is 28.7 Å². The van der Waals surface area contributed by atoms with E-state index < -0.39 is 0 Å². The Bertz CT molecular complexity index is 724. The molecule has 0 fully saturated rings. The largest absolute Gasteiger partial charge is 0.497 e. The van der Waals surface area contributed by atoms with Crippen molar-refractivity contribution < 1.29 is 23.7 Å². The highest BCUT2D eigenvalue weighted by molar-refractivity contribution is 5.58. The average molecular weight is 328 g/mol. The van der Waals surface area contributed by atoms with Crippen LogP contribution < -0.4 is 23.7 Å². The molecule has 0 N–H and O–H groups in total. The summed E-state index contributed by atoms with van der Waals surface area (Å²) in [5.41, 5.74) is 1.52. The van der Waals surface area contributed by atoms with E-state index in [0.29, 0.717) is 28.7 Å².